The molecule has 4 heteroatoms. The minimum atomic E-state index is -2.42. The van der Waals surface area contributed by atoms with Crippen LogP contribution in [0.1, 0.15) is 19.8 Å². The second-order valence-corrected chi connectivity index (χ2v) is 2.46. The lowest BCUT2D eigenvalue weighted by Crippen LogP contribution is -2.10. The molecule has 10 heavy (non-hydrogen) atoms. The Morgan fingerprint density at radius 2 is 2.50 bits per heavy atom. The summed E-state index contributed by atoms with van der Waals surface area (Å²) in [6.07, 6.45) is 2.70. The number of hydrogen-bond donors (Lipinski definition) is 0. The van der Waals surface area contributed by atoms with Crippen LogP contribution in [-0.2, 0) is 15.5 Å². The molecule has 0 radical (unpaired) electrons. The van der Waals surface area contributed by atoms with Crippen LogP contribution in [0.4, 0.5) is 0 Å². The molecule has 0 saturated heterocycles. The summed E-state index contributed by atoms with van der Waals surface area (Å²) in [5.41, 5.74) is 0. The Morgan fingerprint density at radius 1 is 1.90 bits per heavy atom. The summed E-state index contributed by atoms with van der Waals surface area (Å²) in [4.78, 5) is 0. The van der Waals surface area contributed by atoms with Gasteiger partial charge in [-0.2, -0.15) is 0 Å². The van der Waals surface area contributed by atoms with Crippen molar-refractivity contribution in [2.75, 3.05) is 0 Å². The van der Waals surface area contributed by atoms with Crippen LogP contribution in [0.2, 0.25) is 0 Å². The zero-order valence-electron chi connectivity index (χ0n) is 5.91. The standard InChI is InChI=1S/C6H12O3S/c1-3-5-6(4-2)9-10(7)8/h4,6H,2-3,5H2,1H3,(H,7,8)/p-1. The summed E-state index contributed by atoms with van der Waals surface area (Å²) in [6, 6.07) is 0. The topological polar surface area (TPSA) is 49.4 Å². The summed E-state index contributed by atoms with van der Waals surface area (Å²) in [5.74, 6) is 0. The SMILES string of the molecule is C=CC(CCC)OS(=O)[O-]. The van der Waals surface area contributed by atoms with Gasteiger partial charge < -0.3 is 4.55 Å². The Balaban J connectivity index is 3.59. The molecule has 0 rings (SSSR count). The molecule has 0 N–H and O–H groups in total. The Hall–Kier alpha value is -0.190. The van der Waals surface area contributed by atoms with E-state index in [4.69, 9.17) is 0 Å². The molecule has 0 aromatic heterocycles. The molecule has 60 valence electrons. The molecule has 0 saturated carbocycles. The largest absolute Gasteiger partial charge is 0.750 e. The van der Waals surface area contributed by atoms with E-state index in [-0.39, 0.29) is 6.10 Å². The average molecular weight is 163 g/mol. The van der Waals surface area contributed by atoms with Gasteiger partial charge in [-0.1, -0.05) is 19.4 Å². The van der Waals surface area contributed by atoms with Gasteiger partial charge in [0.05, 0.1) is 17.5 Å². The highest BCUT2D eigenvalue weighted by Crippen LogP contribution is 2.03. The number of hydrogen-bond acceptors (Lipinski definition) is 3. The molecule has 2 unspecified atom stereocenters. The van der Waals surface area contributed by atoms with Crippen LogP contribution in [0.3, 0.4) is 0 Å². The molecule has 0 aliphatic heterocycles. The molecule has 0 spiro atoms. The van der Waals surface area contributed by atoms with E-state index in [9.17, 15) is 8.76 Å². The van der Waals surface area contributed by atoms with Gasteiger partial charge in [-0.05, 0) is 6.42 Å². The van der Waals surface area contributed by atoms with Crippen LogP contribution in [0, 0.1) is 0 Å². The van der Waals surface area contributed by atoms with Crippen LogP contribution in [0.25, 0.3) is 0 Å². The van der Waals surface area contributed by atoms with Gasteiger partial charge in [0.2, 0.25) is 0 Å². The first-order chi connectivity index (χ1) is 4.70. The van der Waals surface area contributed by atoms with E-state index in [0.717, 1.165) is 6.42 Å². The molecule has 0 fully saturated rings. The molecule has 0 amide bonds. The van der Waals surface area contributed by atoms with Gasteiger partial charge in [0.25, 0.3) is 0 Å². The van der Waals surface area contributed by atoms with Crippen molar-refractivity contribution in [2.24, 2.45) is 0 Å². The highest BCUT2D eigenvalue weighted by atomic mass is 32.2. The van der Waals surface area contributed by atoms with Crippen molar-refractivity contribution in [3.05, 3.63) is 12.7 Å². The second kappa shape index (κ2) is 5.58. The second-order valence-electron chi connectivity index (χ2n) is 1.86. The van der Waals surface area contributed by atoms with Crippen LogP contribution in [0.15, 0.2) is 12.7 Å². The first kappa shape index (κ1) is 9.81. The van der Waals surface area contributed by atoms with Crippen molar-refractivity contribution >= 4 is 11.4 Å². The van der Waals surface area contributed by atoms with Gasteiger partial charge in [-0.15, -0.1) is 6.58 Å². The summed E-state index contributed by atoms with van der Waals surface area (Å²) in [7, 11) is 0. The Morgan fingerprint density at radius 3 is 2.80 bits per heavy atom. The lowest BCUT2D eigenvalue weighted by atomic mass is 10.2. The van der Waals surface area contributed by atoms with E-state index in [1.807, 2.05) is 6.92 Å². The van der Waals surface area contributed by atoms with E-state index in [0.29, 0.717) is 6.42 Å². The van der Waals surface area contributed by atoms with Gasteiger partial charge in [0.1, 0.15) is 0 Å². The maximum atomic E-state index is 9.97. The monoisotopic (exact) mass is 163 g/mol. The van der Waals surface area contributed by atoms with Crippen molar-refractivity contribution in [3.8, 4) is 0 Å². The lowest BCUT2D eigenvalue weighted by Gasteiger charge is -2.12. The molecule has 0 aromatic carbocycles. The third-order valence-corrected chi connectivity index (χ3v) is 1.44. The van der Waals surface area contributed by atoms with E-state index < -0.39 is 11.4 Å². The Labute approximate surface area is 63.6 Å². The minimum Gasteiger partial charge on any atom is -0.750 e. The van der Waals surface area contributed by atoms with Gasteiger partial charge in [-0.3, -0.25) is 4.18 Å². The van der Waals surface area contributed by atoms with Crippen LogP contribution >= 0.6 is 0 Å². The van der Waals surface area contributed by atoms with Crippen LogP contribution in [-0.4, -0.2) is 14.9 Å². The molecular weight excluding hydrogens is 152 g/mol. The van der Waals surface area contributed by atoms with Crippen molar-refractivity contribution in [2.45, 2.75) is 25.9 Å². The van der Waals surface area contributed by atoms with E-state index >= 15 is 0 Å². The first-order valence-electron chi connectivity index (χ1n) is 3.09. The average Bonchev–Trinajstić information content (AvgIpc) is 1.86. The van der Waals surface area contributed by atoms with Gasteiger partial charge in [0, 0.05) is 0 Å². The van der Waals surface area contributed by atoms with Crippen molar-refractivity contribution < 1.29 is 12.9 Å². The molecule has 3 nitrogen and oxygen atoms in total. The Bertz CT molecular complexity index is 124. The van der Waals surface area contributed by atoms with Gasteiger partial charge in [-0.25, -0.2) is 4.21 Å². The maximum Gasteiger partial charge on any atom is 0.0915 e. The fourth-order valence-corrected chi connectivity index (χ4v) is 0.967. The summed E-state index contributed by atoms with van der Waals surface area (Å²) < 4.78 is 24.4. The highest BCUT2D eigenvalue weighted by molar-refractivity contribution is 7.74. The van der Waals surface area contributed by atoms with Gasteiger partial charge in [0.15, 0.2) is 0 Å². The molecular formula is C6H11O3S-. The highest BCUT2D eigenvalue weighted by Gasteiger charge is 2.01. The lowest BCUT2D eigenvalue weighted by molar-refractivity contribution is 0.233. The molecule has 0 aliphatic rings. The van der Waals surface area contributed by atoms with Crippen LogP contribution < -0.4 is 0 Å². The third-order valence-electron chi connectivity index (χ3n) is 1.04. The minimum absolute atomic E-state index is 0.358. The smallest absolute Gasteiger partial charge is 0.0915 e. The number of rotatable bonds is 5. The normalized spacial score (nSPS) is 16.2. The molecule has 0 bridgehead atoms. The van der Waals surface area contributed by atoms with Crippen molar-refractivity contribution in [3.63, 3.8) is 0 Å². The molecule has 0 heterocycles. The molecule has 2 atom stereocenters. The Kier molecular flexibility index (Phi) is 5.48. The summed E-state index contributed by atoms with van der Waals surface area (Å²) in [6.45, 7) is 5.39. The third kappa shape index (κ3) is 4.67. The summed E-state index contributed by atoms with van der Waals surface area (Å²) >= 11 is -2.42. The fourth-order valence-electron chi connectivity index (χ4n) is 0.591. The van der Waals surface area contributed by atoms with E-state index in [1.165, 1.54) is 6.08 Å². The molecule has 0 aromatic rings. The van der Waals surface area contributed by atoms with Gasteiger partial charge >= 0.3 is 0 Å². The quantitative estimate of drug-likeness (QED) is 0.451. The predicted octanol–water partition coefficient (Wildman–Crippen LogP) is 1.15. The van der Waals surface area contributed by atoms with Crippen molar-refractivity contribution in [1.82, 2.24) is 0 Å². The van der Waals surface area contributed by atoms with E-state index in [2.05, 4.69) is 10.8 Å². The van der Waals surface area contributed by atoms with E-state index in [1.54, 1.807) is 0 Å². The zero-order valence-corrected chi connectivity index (χ0v) is 6.73. The maximum absolute atomic E-state index is 9.97. The fraction of sp³-hybridized carbons (Fsp3) is 0.667. The zero-order chi connectivity index (χ0) is 7.98. The van der Waals surface area contributed by atoms with Crippen LogP contribution in [0.5, 0.6) is 0 Å². The molecule has 0 aliphatic carbocycles. The predicted molar refractivity (Wildman–Crippen MR) is 38.9 cm³/mol. The first-order valence-corrected chi connectivity index (χ1v) is 4.09. The summed E-state index contributed by atoms with van der Waals surface area (Å²) in [5, 5.41) is 0. The van der Waals surface area contributed by atoms with Crippen molar-refractivity contribution in [1.29, 1.82) is 0 Å².